The Bertz CT molecular complexity index is 708. The summed E-state index contributed by atoms with van der Waals surface area (Å²) in [6.45, 7) is 6.33. The van der Waals surface area contributed by atoms with Crippen LogP contribution in [0.15, 0.2) is 78.3 Å². The van der Waals surface area contributed by atoms with Crippen molar-refractivity contribution >= 4 is 11.4 Å². The van der Waals surface area contributed by atoms with Crippen molar-refractivity contribution in [1.82, 2.24) is 0 Å². The van der Waals surface area contributed by atoms with Crippen molar-refractivity contribution in [3.63, 3.8) is 0 Å². The molecule has 0 radical (unpaired) electrons. The van der Waals surface area contributed by atoms with Gasteiger partial charge in [0, 0.05) is 5.56 Å². The van der Waals surface area contributed by atoms with E-state index in [1.165, 1.54) is 0 Å². The lowest BCUT2D eigenvalue weighted by Crippen LogP contribution is -2.11. The van der Waals surface area contributed by atoms with E-state index >= 15 is 0 Å². The number of aliphatic imine (C=N–C) groups is 1. The van der Waals surface area contributed by atoms with Gasteiger partial charge in [-0.05, 0) is 24.5 Å². The summed E-state index contributed by atoms with van der Waals surface area (Å²) in [5.74, 6) is 6.44. The molecule has 0 heterocycles. The Kier molecular flexibility index (Phi) is 7.53. The van der Waals surface area contributed by atoms with Crippen LogP contribution in [0.1, 0.15) is 25.3 Å². The Labute approximate surface area is 144 Å². The molecule has 0 saturated carbocycles. The Morgan fingerprint density at radius 1 is 1.12 bits per heavy atom. The molecule has 1 unspecified atom stereocenters. The zero-order valence-electron chi connectivity index (χ0n) is 14.1. The van der Waals surface area contributed by atoms with Crippen molar-refractivity contribution < 1.29 is 4.74 Å². The van der Waals surface area contributed by atoms with Gasteiger partial charge in [0.15, 0.2) is 0 Å². The highest BCUT2D eigenvalue weighted by Gasteiger charge is 2.04. The molecule has 2 heteroatoms. The Morgan fingerprint density at radius 3 is 2.42 bits per heavy atom. The minimum Gasteiger partial charge on any atom is -0.361 e. The number of para-hydroxylation sites is 1. The fourth-order valence-corrected chi connectivity index (χ4v) is 2.18. The van der Waals surface area contributed by atoms with E-state index in [-0.39, 0.29) is 6.10 Å². The molecule has 2 aromatic carbocycles. The molecule has 24 heavy (non-hydrogen) atoms. The summed E-state index contributed by atoms with van der Waals surface area (Å²) < 4.78 is 5.72. The van der Waals surface area contributed by atoms with Crippen LogP contribution in [-0.4, -0.2) is 18.4 Å². The van der Waals surface area contributed by atoms with Gasteiger partial charge in [-0.1, -0.05) is 73.9 Å². The number of nitrogens with zero attached hydrogens (tertiary/aromatic N) is 1. The highest BCUT2D eigenvalue weighted by molar-refractivity contribution is 6.14. The summed E-state index contributed by atoms with van der Waals surface area (Å²) in [4.78, 5) is 4.71. The lowest BCUT2D eigenvalue weighted by molar-refractivity contribution is 0.109. The van der Waals surface area contributed by atoms with Crippen LogP contribution >= 0.6 is 0 Å². The molecule has 2 aromatic rings. The minimum atomic E-state index is -0.0994. The van der Waals surface area contributed by atoms with Gasteiger partial charge in [-0.15, -0.1) is 6.58 Å². The topological polar surface area (TPSA) is 21.6 Å². The third-order valence-electron chi connectivity index (χ3n) is 3.36. The average molecular weight is 317 g/mol. The molecule has 2 nitrogen and oxygen atoms in total. The van der Waals surface area contributed by atoms with Crippen LogP contribution in [0.3, 0.4) is 0 Å². The number of ether oxygens (including phenoxy) is 1. The summed E-state index contributed by atoms with van der Waals surface area (Å²) in [5, 5.41) is 0. The van der Waals surface area contributed by atoms with Crippen LogP contribution in [0, 0.1) is 11.8 Å². The standard InChI is InChI=1S/C22H23NO/c1-3-11-21(24-18-4-2)16-17-22(19-12-7-5-8-13-19)23-20-14-9-6-10-15-20/h4-10,12-15,21H,2-3,11,18H2,1H3. The summed E-state index contributed by atoms with van der Waals surface area (Å²) in [7, 11) is 0. The molecule has 0 aliphatic carbocycles. The molecular weight excluding hydrogens is 294 g/mol. The molecular formula is C22H23NO. The Morgan fingerprint density at radius 2 is 1.79 bits per heavy atom. The van der Waals surface area contributed by atoms with Crippen LogP contribution in [0.4, 0.5) is 5.69 Å². The Balaban J connectivity index is 2.32. The average Bonchev–Trinajstić information content (AvgIpc) is 2.64. The number of benzene rings is 2. The SMILES string of the molecule is C=CCOC(C#CC(=Nc1ccccc1)c1ccccc1)CCC. The van der Waals surface area contributed by atoms with Crippen LogP contribution in [0.25, 0.3) is 0 Å². The van der Waals surface area contributed by atoms with E-state index in [0.717, 1.165) is 29.8 Å². The lowest BCUT2D eigenvalue weighted by atomic mass is 10.1. The van der Waals surface area contributed by atoms with Crippen LogP contribution in [0.5, 0.6) is 0 Å². The largest absolute Gasteiger partial charge is 0.361 e. The van der Waals surface area contributed by atoms with E-state index in [2.05, 4.69) is 25.3 Å². The van der Waals surface area contributed by atoms with E-state index < -0.39 is 0 Å². The number of hydrogen-bond donors (Lipinski definition) is 0. The van der Waals surface area contributed by atoms with Gasteiger partial charge >= 0.3 is 0 Å². The first-order valence-corrected chi connectivity index (χ1v) is 8.26. The number of hydrogen-bond acceptors (Lipinski definition) is 2. The fraction of sp³-hybridized carbons (Fsp3) is 0.227. The fourth-order valence-electron chi connectivity index (χ4n) is 2.18. The first-order valence-electron chi connectivity index (χ1n) is 8.26. The van der Waals surface area contributed by atoms with E-state index in [9.17, 15) is 0 Å². The molecule has 122 valence electrons. The molecule has 1 atom stereocenters. The quantitative estimate of drug-likeness (QED) is 0.391. The van der Waals surface area contributed by atoms with E-state index in [1.54, 1.807) is 6.08 Å². The van der Waals surface area contributed by atoms with E-state index in [4.69, 9.17) is 9.73 Å². The van der Waals surface area contributed by atoms with Gasteiger partial charge in [0.1, 0.15) is 11.8 Å². The van der Waals surface area contributed by atoms with Gasteiger partial charge in [0.05, 0.1) is 12.3 Å². The Hall–Kier alpha value is -2.63. The number of rotatable bonds is 7. The smallest absolute Gasteiger partial charge is 0.121 e. The highest BCUT2D eigenvalue weighted by Crippen LogP contribution is 2.13. The summed E-state index contributed by atoms with van der Waals surface area (Å²) >= 11 is 0. The summed E-state index contributed by atoms with van der Waals surface area (Å²) in [6.07, 6.45) is 3.57. The molecule has 0 aromatic heterocycles. The predicted octanol–water partition coefficient (Wildman–Crippen LogP) is 5.18. The van der Waals surface area contributed by atoms with Gasteiger partial charge in [-0.25, -0.2) is 4.99 Å². The molecule has 0 spiro atoms. The molecule has 0 amide bonds. The van der Waals surface area contributed by atoms with Crippen LogP contribution in [0.2, 0.25) is 0 Å². The molecule has 0 aliphatic heterocycles. The molecule has 2 rings (SSSR count). The van der Waals surface area contributed by atoms with E-state index in [1.807, 2.05) is 60.7 Å². The maximum Gasteiger partial charge on any atom is 0.121 e. The third kappa shape index (κ3) is 5.87. The highest BCUT2D eigenvalue weighted by atomic mass is 16.5. The maximum atomic E-state index is 5.72. The second-order valence-corrected chi connectivity index (χ2v) is 5.33. The molecule has 0 N–H and O–H groups in total. The molecule has 0 bridgehead atoms. The monoisotopic (exact) mass is 317 g/mol. The molecule has 0 fully saturated rings. The van der Waals surface area contributed by atoms with Crippen molar-refractivity contribution in [2.45, 2.75) is 25.9 Å². The van der Waals surface area contributed by atoms with Crippen LogP contribution < -0.4 is 0 Å². The van der Waals surface area contributed by atoms with Gasteiger partial charge in [-0.2, -0.15) is 0 Å². The predicted molar refractivity (Wildman–Crippen MR) is 102 cm³/mol. The normalized spacial score (nSPS) is 12.1. The summed E-state index contributed by atoms with van der Waals surface area (Å²) in [5.41, 5.74) is 2.66. The van der Waals surface area contributed by atoms with Gasteiger partial charge < -0.3 is 4.74 Å². The lowest BCUT2D eigenvalue weighted by Gasteiger charge is -2.09. The molecule has 0 saturated heterocycles. The zero-order chi connectivity index (χ0) is 17.0. The maximum absolute atomic E-state index is 5.72. The van der Waals surface area contributed by atoms with E-state index in [0.29, 0.717) is 6.61 Å². The van der Waals surface area contributed by atoms with Crippen LogP contribution in [-0.2, 0) is 4.74 Å². The summed E-state index contributed by atoms with van der Waals surface area (Å²) in [6, 6.07) is 19.9. The zero-order valence-corrected chi connectivity index (χ0v) is 14.1. The second kappa shape index (κ2) is 10.2. The van der Waals surface area contributed by atoms with Crippen molar-refractivity contribution in [2.24, 2.45) is 4.99 Å². The van der Waals surface area contributed by atoms with Crippen molar-refractivity contribution in [3.8, 4) is 11.8 Å². The van der Waals surface area contributed by atoms with Gasteiger partial charge in [-0.3, -0.25) is 0 Å². The molecule has 0 aliphatic rings. The first-order chi connectivity index (χ1) is 11.8. The second-order valence-electron chi connectivity index (χ2n) is 5.33. The van der Waals surface area contributed by atoms with Crippen molar-refractivity contribution in [2.75, 3.05) is 6.61 Å². The van der Waals surface area contributed by atoms with Gasteiger partial charge in [0.25, 0.3) is 0 Å². The third-order valence-corrected chi connectivity index (χ3v) is 3.36. The van der Waals surface area contributed by atoms with Crippen molar-refractivity contribution in [3.05, 3.63) is 78.9 Å². The minimum absolute atomic E-state index is 0.0994. The van der Waals surface area contributed by atoms with Crippen molar-refractivity contribution in [1.29, 1.82) is 0 Å². The van der Waals surface area contributed by atoms with Gasteiger partial charge in [0.2, 0.25) is 0 Å². The first kappa shape index (κ1) is 17.7.